The van der Waals surface area contributed by atoms with Crippen LogP contribution in [0.1, 0.15) is 51.0 Å². The molecule has 1 heterocycles. The number of β-amino-alcohol motifs (C(OH)–C–C–N with tert-alkyl or cyclic N) is 1. The second-order valence-corrected chi connectivity index (χ2v) is 12.4. The van der Waals surface area contributed by atoms with Crippen molar-refractivity contribution in [2.75, 3.05) is 26.7 Å². The van der Waals surface area contributed by atoms with Gasteiger partial charge in [-0.25, -0.2) is 8.42 Å². The molecule has 1 aliphatic heterocycles. The van der Waals surface area contributed by atoms with Gasteiger partial charge in [-0.2, -0.15) is 4.31 Å². The van der Waals surface area contributed by atoms with Gasteiger partial charge in [0.15, 0.2) is 0 Å². The Morgan fingerprint density at radius 2 is 1.76 bits per heavy atom. The molecule has 1 aliphatic carbocycles. The number of hydrogen-bond acceptors (Lipinski definition) is 5. The molecule has 2 aromatic carbocycles. The number of amides is 1. The largest absolute Gasteiger partial charge is 0.497 e. The quantitative estimate of drug-likeness (QED) is 0.448. The number of carbonyl (C=O) groups excluding carboxylic acids is 1. The molecule has 0 bridgehead atoms. The van der Waals surface area contributed by atoms with E-state index in [9.17, 15) is 18.3 Å². The molecule has 1 saturated carbocycles. The number of methoxy groups -OCH3 is 1. The third-order valence-corrected chi connectivity index (χ3v) is 9.74. The van der Waals surface area contributed by atoms with Crippen molar-refractivity contribution in [3.05, 3.63) is 60.2 Å². The molecule has 4 rings (SSSR count). The Bertz CT molecular complexity index is 1120. The zero-order chi connectivity index (χ0) is 26.4. The Kier molecular flexibility index (Phi) is 9.27. The lowest BCUT2D eigenvalue weighted by atomic mass is 9.98. The highest BCUT2D eigenvalue weighted by Gasteiger charge is 2.40. The van der Waals surface area contributed by atoms with Crippen LogP contribution in [0.2, 0.25) is 0 Å². The molecule has 0 radical (unpaired) electrons. The molecular formula is C29H40N2O5S. The Balaban J connectivity index is 1.51. The SMILES string of the molecule is CCC1C[C@H](Cc2ccccc2)N(CC(O)CN(CC2CCCC2)S(=O)(=O)c2ccc(OC)cc2)C1=O. The van der Waals surface area contributed by atoms with E-state index >= 15 is 0 Å². The standard InChI is InChI=1S/C29H40N2O5S/c1-3-24-18-25(17-22-9-5-4-6-10-22)31(29(24)33)21-26(32)20-30(19-23-11-7-8-12-23)37(34,35)28-15-13-27(36-2)14-16-28/h4-6,9-10,13-16,23-26,32H,3,7-8,11-12,17-21H2,1-2H3/t24?,25-,26?/m0/s1. The zero-order valence-corrected chi connectivity index (χ0v) is 22.8. The van der Waals surface area contributed by atoms with Crippen LogP contribution in [0.15, 0.2) is 59.5 Å². The van der Waals surface area contributed by atoms with Crippen LogP contribution in [0, 0.1) is 11.8 Å². The van der Waals surface area contributed by atoms with Crippen molar-refractivity contribution in [3.8, 4) is 5.75 Å². The predicted octanol–water partition coefficient (Wildman–Crippen LogP) is 4.11. The fourth-order valence-corrected chi connectivity index (χ4v) is 7.35. The summed E-state index contributed by atoms with van der Waals surface area (Å²) in [4.78, 5) is 15.2. The number of benzene rings is 2. The second-order valence-electron chi connectivity index (χ2n) is 10.5. The molecule has 2 unspecified atom stereocenters. The number of rotatable bonds is 12. The highest BCUT2D eigenvalue weighted by molar-refractivity contribution is 7.89. The fraction of sp³-hybridized carbons (Fsp3) is 0.552. The molecule has 37 heavy (non-hydrogen) atoms. The molecule has 8 heteroatoms. The van der Waals surface area contributed by atoms with Crippen molar-refractivity contribution in [1.82, 2.24) is 9.21 Å². The molecule has 1 N–H and O–H groups in total. The maximum atomic E-state index is 13.7. The van der Waals surface area contributed by atoms with E-state index in [1.165, 1.54) is 4.31 Å². The second kappa shape index (κ2) is 12.4. The Morgan fingerprint density at radius 1 is 1.08 bits per heavy atom. The number of aliphatic hydroxyl groups excluding tert-OH is 1. The lowest BCUT2D eigenvalue weighted by Gasteiger charge is -2.31. The summed E-state index contributed by atoms with van der Waals surface area (Å²) in [5, 5.41) is 11.2. The van der Waals surface area contributed by atoms with E-state index in [4.69, 9.17) is 4.74 Å². The Morgan fingerprint density at radius 3 is 2.38 bits per heavy atom. The highest BCUT2D eigenvalue weighted by Crippen LogP contribution is 2.31. The van der Waals surface area contributed by atoms with E-state index in [1.807, 2.05) is 25.1 Å². The van der Waals surface area contributed by atoms with Crippen molar-refractivity contribution < 1.29 is 23.1 Å². The summed E-state index contributed by atoms with van der Waals surface area (Å²) < 4.78 is 33.9. The monoisotopic (exact) mass is 528 g/mol. The number of ether oxygens (including phenoxy) is 1. The molecule has 202 valence electrons. The van der Waals surface area contributed by atoms with Crippen LogP contribution in [0.4, 0.5) is 0 Å². The van der Waals surface area contributed by atoms with Gasteiger partial charge in [-0.15, -0.1) is 0 Å². The molecule has 7 nitrogen and oxygen atoms in total. The van der Waals surface area contributed by atoms with E-state index in [0.29, 0.717) is 12.3 Å². The van der Waals surface area contributed by atoms with Crippen LogP contribution in [0.25, 0.3) is 0 Å². The molecule has 0 spiro atoms. The molecule has 1 saturated heterocycles. The van der Waals surface area contributed by atoms with Gasteiger partial charge in [0.25, 0.3) is 0 Å². The van der Waals surface area contributed by atoms with Crippen LogP contribution < -0.4 is 4.74 Å². The van der Waals surface area contributed by atoms with Crippen molar-refractivity contribution in [2.45, 2.75) is 68.9 Å². The third kappa shape index (κ3) is 6.72. The molecule has 2 fully saturated rings. The summed E-state index contributed by atoms with van der Waals surface area (Å²) in [6.07, 6.45) is 5.46. The van der Waals surface area contributed by atoms with Gasteiger partial charge < -0.3 is 14.7 Å². The van der Waals surface area contributed by atoms with E-state index in [2.05, 4.69) is 12.1 Å². The van der Waals surface area contributed by atoms with Crippen molar-refractivity contribution in [2.24, 2.45) is 11.8 Å². The van der Waals surface area contributed by atoms with Gasteiger partial charge in [-0.3, -0.25) is 4.79 Å². The van der Waals surface area contributed by atoms with Crippen molar-refractivity contribution >= 4 is 15.9 Å². The van der Waals surface area contributed by atoms with Crippen LogP contribution in [0.5, 0.6) is 5.75 Å². The number of aliphatic hydroxyl groups is 1. The summed E-state index contributed by atoms with van der Waals surface area (Å²) in [5.74, 6) is 0.870. The van der Waals surface area contributed by atoms with E-state index < -0.39 is 16.1 Å². The first kappa shape index (κ1) is 27.6. The van der Waals surface area contributed by atoms with Crippen LogP contribution in [-0.4, -0.2) is 67.5 Å². The van der Waals surface area contributed by atoms with E-state index in [1.54, 1.807) is 36.3 Å². The van der Waals surface area contributed by atoms with Gasteiger partial charge >= 0.3 is 0 Å². The average molecular weight is 529 g/mol. The number of sulfonamides is 1. The van der Waals surface area contributed by atoms with Gasteiger partial charge in [0.1, 0.15) is 5.75 Å². The highest BCUT2D eigenvalue weighted by atomic mass is 32.2. The summed E-state index contributed by atoms with van der Waals surface area (Å²) in [7, 11) is -2.28. The maximum absolute atomic E-state index is 13.7. The Hall–Kier alpha value is -2.42. The minimum Gasteiger partial charge on any atom is -0.497 e. The first-order valence-corrected chi connectivity index (χ1v) is 14.9. The molecule has 3 atom stereocenters. The van der Waals surface area contributed by atoms with Gasteiger partial charge in [-0.1, -0.05) is 50.1 Å². The van der Waals surface area contributed by atoms with Crippen LogP contribution >= 0.6 is 0 Å². The summed E-state index contributed by atoms with van der Waals surface area (Å²) >= 11 is 0. The van der Waals surface area contributed by atoms with Gasteiger partial charge in [0, 0.05) is 31.6 Å². The minimum absolute atomic E-state index is 0.00372. The Labute approximate surface area is 221 Å². The normalized spacial score (nSPS) is 21.6. The van der Waals surface area contributed by atoms with E-state index in [0.717, 1.165) is 50.5 Å². The third-order valence-electron chi connectivity index (χ3n) is 7.89. The smallest absolute Gasteiger partial charge is 0.243 e. The first-order chi connectivity index (χ1) is 17.8. The lowest BCUT2D eigenvalue weighted by molar-refractivity contribution is -0.133. The number of carbonyl (C=O) groups is 1. The predicted molar refractivity (Wildman–Crippen MR) is 144 cm³/mol. The topological polar surface area (TPSA) is 87.2 Å². The van der Waals surface area contributed by atoms with Crippen molar-refractivity contribution in [1.29, 1.82) is 0 Å². The van der Waals surface area contributed by atoms with Gasteiger partial charge in [0.05, 0.1) is 18.1 Å². The molecule has 2 aromatic rings. The van der Waals surface area contributed by atoms with Crippen molar-refractivity contribution in [3.63, 3.8) is 0 Å². The number of hydrogen-bond donors (Lipinski definition) is 1. The molecule has 1 amide bonds. The molecule has 2 aliphatic rings. The maximum Gasteiger partial charge on any atom is 0.243 e. The molecule has 0 aromatic heterocycles. The summed E-state index contributed by atoms with van der Waals surface area (Å²) in [6.45, 7) is 2.49. The van der Waals surface area contributed by atoms with E-state index in [-0.39, 0.29) is 41.8 Å². The van der Waals surface area contributed by atoms with Crippen LogP contribution in [-0.2, 0) is 21.2 Å². The fourth-order valence-electron chi connectivity index (χ4n) is 5.80. The lowest BCUT2D eigenvalue weighted by Crippen LogP contribution is -2.47. The summed E-state index contributed by atoms with van der Waals surface area (Å²) in [5.41, 5.74) is 1.15. The number of nitrogens with zero attached hydrogens (tertiary/aromatic N) is 2. The average Bonchev–Trinajstić information content (AvgIpc) is 3.52. The van der Waals surface area contributed by atoms with Gasteiger partial charge in [0.2, 0.25) is 15.9 Å². The summed E-state index contributed by atoms with van der Waals surface area (Å²) in [6, 6.07) is 16.4. The molecular weight excluding hydrogens is 488 g/mol. The minimum atomic E-state index is -3.82. The van der Waals surface area contributed by atoms with Gasteiger partial charge in [-0.05, 0) is 67.9 Å². The first-order valence-electron chi connectivity index (χ1n) is 13.5. The number of likely N-dealkylation sites (tertiary alicyclic amines) is 1. The zero-order valence-electron chi connectivity index (χ0n) is 22.0. The van der Waals surface area contributed by atoms with Crippen LogP contribution in [0.3, 0.4) is 0 Å².